The van der Waals surface area contributed by atoms with E-state index in [-0.39, 0.29) is 0 Å². The van der Waals surface area contributed by atoms with Gasteiger partial charge in [0.2, 0.25) is 0 Å². The van der Waals surface area contributed by atoms with Crippen LogP contribution in [0.4, 0.5) is 0 Å². The fourth-order valence-electron chi connectivity index (χ4n) is 2.20. The maximum absolute atomic E-state index is 9.14. The number of hydrogen-bond acceptors (Lipinski definition) is 3. The largest absolute Gasteiger partial charge is 0.493 e. The van der Waals surface area contributed by atoms with Crippen LogP contribution < -0.4 is 10.2 Å². The molecule has 2 rings (SSSR count). The summed E-state index contributed by atoms with van der Waals surface area (Å²) in [7, 11) is -1.43. The van der Waals surface area contributed by atoms with Gasteiger partial charge in [0.25, 0.3) is 0 Å². The quantitative estimate of drug-likeness (QED) is 0.607. The Balaban J connectivity index is 2.15. The molecule has 0 radical (unpaired) electrons. The molecule has 0 fully saturated rings. The van der Waals surface area contributed by atoms with Gasteiger partial charge in [-0.3, -0.25) is 0 Å². The smallest absolute Gasteiger partial charge is 0.488 e. The first-order valence-corrected chi connectivity index (χ1v) is 7.40. The summed E-state index contributed by atoms with van der Waals surface area (Å²) in [6.45, 7) is 2.89. The summed E-state index contributed by atoms with van der Waals surface area (Å²) in [4.78, 5) is 0. The summed E-state index contributed by atoms with van der Waals surface area (Å²) in [5, 5.41) is 18.3. The lowest BCUT2D eigenvalue weighted by Crippen LogP contribution is -2.29. The highest BCUT2D eigenvalue weighted by Gasteiger charge is 2.11. The minimum atomic E-state index is -1.43. The molecule has 2 aromatic carbocycles. The van der Waals surface area contributed by atoms with Crippen LogP contribution in [-0.2, 0) is 0 Å². The fraction of sp³-hybridized carbons (Fsp3) is 0.294. The molecule has 0 aliphatic heterocycles. The van der Waals surface area contributed by atoms with E-state index in [1.807, 2.05) is 36.4 Å². The number of para-hydroxylation sites is 1. The van der Waals surface area contributed by atoms with Crippen molar-refractivity contribution < 1.29 is 14.8 Å². The molecule has 0 unspecified atom stereocenters. The maximum Gasteiger partial charge on any atom is 0.488 e. The van der Waals surface area contributed by atoms with Crippen LogP contribution in [0.25, 0.3) is 11.1 Å². The Bertz CT molecular complexity index is 552. The Kier molecular flexibility index (Phi) is 5.84. The zero-order valence-electron chi connectivity index (χ0n) is 12.3. The van der Waals surface area contributed by atoms with E-state index in [2.05, 4.69) is 6.92 Å². The Morgan fingerprint density at radius 1 is 0.952 bits per heavy atom. The van der Waals surface area contributed by atoms with E-state index in [0.29, 0.717) is 5.46 Å². The highest BCUT2D eigenvalue weighted by molar-refractivity contribution is 6.58. The zero-order valence-corrected chi connectivity index (χ0v) is 12.3. The first-order chi connectivity index (χ1) is 10.2. The molecule has 3 nitrogen and oxygen atoms in total. The molecule has 0 aromatic heterocycles. The number of unbranched alkanes of at least 4 members (excludes halogenated alkanes) is 2. The number of hydrogen-bond donors (Lipinski definition) is 2. The van der Waals surface area contributed by atoms with E-state index in [0.717, 1.165) is 29.9 Å². The summed E-state index contributed by atoms with van der Waals surface area (Å²) in [6.07, 6.45) is 3.40. The van der Waals surface area contributed by atoms with Crippen molar-refractivity contribution in [1.82, 2.24) is 0 Å². The molecule has 0 atom stereocenters. The van der Waals surface area contributed by atoms with Gasteiger partial charge in [-0.15, -0.1) is 0 Å². The Labute approximate surface area is 126 Å². The summed E-state index contributed by atoms with van der Waals surface area (Å²) in [6, 6.07) is 15.1. The third kappa shape index (κ3) is 4.35. The van der Waals surface area contributed by atoms with Gasteiger partial charge in [-0.2, -0.15) is 0 Å². The van der Waals surface area contributed by atoms with Gasteiger partial charge < -0.3 is 14.8 Å². The SMILES string of the molecule is CCCCCOc1ccccc1-c1ccc(B(O)O)cc1. The van der Waals surface area contributed by atoms with Crippen molar-refractivity contribution in [3.05, 3.63) is 48.5 Å². The first kappa shape index (κ1) is 15.6. The lowest BCUT2D eigenvalue weighted by molar-refractivity contribution is 0.307. The van der Waals surface area contributed by atoms with Gasteiger partial charge >= 0.3 is 7.12 Å². The first-order valence-electron chi connectivity index (χ1n) is 7.40. The van der Waals surface area contributed by atoms with E-state index < -0.39 is 7.12 Å². The standard InChI is InChI=1S/C17H21BO3/c1-2-3-6-13-21-17-8-5-4-7-16(17)14-9-11-15(12-10-14)18(19)20/h4-5,7-12,19-20H,2-3,6,13H2,1H3. The molecule has 0 aliphatic rings. The van der Waals surface area contributed by atoms with E-state index in [1.165, 1.54) is 12.8 Å². The molecule has 2 aromatic rings. The van der Waals surface area contributed by atoms with Crippen LogP contribution in [0.5, 0.6) is 5.75 Å². The second-order valence-corrected chi connectivity index (χ2v) is 5.05. The summed E-state index contributed by atoms with van der Waals surface area (Å²) in [5.74, 6) is 0.867. The summed E-state index contributed by atoms with van der Waals surface area (Å²) >= 11 is 0. The van der Waals surface area contributed by atoms with Crippen molar-refractivity contribution >= 4 is 12.6 Å². The average Bonchev–Trinajstić information content (AvgIpc) is 2.52. The highest BCUT2D eigenvalue weighted by Crippen LogP contribution is 2.29. The second-order valence-electron chi connectivity index (χ2n) is 5.05. The van der Waals surface area contributed by atoms with Crippen LogP contribution in [0.3, 0.4) is 0 Å². The van der Waals surface area contributed by atoms with Crippen LogP contribution >= 0.6 is 0 Å². The third-order valence-corrected chi connectivity index (χ3v) is 3.41. The Hall–Kier alpha value is -1.78. The highest BCUT2D eigenvalue weighted by atomic mass is 16.5. The zero-order chi connectivity index (χ0) is 15.1. The lowest BCUT2D eigenvalue weighted by atomic mass is 9.80. The van der Waals surface area contributed by atoms with Gasteiger partial charge in [0, 0.05) is 5.56 Å². The molecule has 0 amide bonds. The third-order valence-electron chi connectivity index (χ3n) is 3.41. The van der Waals surface area contributed by atoms with Crippen LogP contribution in [0, 0.1) is 0 Å². The minimum absolute atomic E-state index is 0.486. The number of ether oxygens (including phenoxy) is 1. The molecule has 0 heterocycles. The van der Waals surface area contributed by atoms with Crippen LogP contribution in [-0.4, -0.2) is 23.8 Å². The molecule has 110 valence electrons. The van der Waals surface area contributed by atoms with E-state index in [4.69, 9.17) is 14.8 Å². The monoisotopic (exact) mass is 284 g/mol. The lowest BCUT2D eigenvalue weighted by Gasteiger charge is -2.12. The molecule has 0 aliphatic carbocycles. The van der Waals surface area contributed by atoms with Gasteiger partial charge in [-0.05, 0) is 23.5 Å². The van der Waals surface area contributed by atoms with Crippen molar-refractivity contribution in [2.45, 2.75) is 26.2 Å². The van der Waals surface area contributed by atoms with Gasteiger partial charge in [-0.25, -0.2) is 0 Å². The van der Waals surface area contributed by atoms with Gasteiger partial charge in [0.05, 0.1) is 6.61 Å². The van der Waals surface area contributed by atoms with Gasteiger partial charge in [0.15, 0.2) is 0 Å². The van der Waals surface area contributed by atoms with Crippen LogP contribution in [0.15, 0.2) is 48.5 Å². The van der Waals surface area contributed by atoms with Crippen molar-refractivity contribution in [2.75, 3.05) is 6.61 Å². The van der Waals surface area contributed by atoms with Crippen molar-refractivity contribution in [1.29, 1.82) is 0 Å². The average molecular weight is 284 g/mol. The predicted molar refractivity (Wildman–Crippen MR) is 86.7 cm³/mol. The number of benzene rings is 2. The molecule has 0 bridgehead atoms. The molecule has 21 heavy (non-hydrogen) atoms. The molecular weight excluding hydrogens is 263 g/mol. The maximum atomic E-state index is 9.14. The number of rotatable bonds is 7. The molecule has 2 N–H and O–H groups in total. The van der Waals surface area contributed by atoms with Gasteiger partial charge in [-0.1, -0.05) is 62.2 Å². The van der Waals surface area contributed by atoms with Crippen LogP contribution in [0.2, 0.25) is 0 Å². The van der Waals surface area contributed by atoms with Crippen molar-refractivity contribution in [3.8, 4) is 16.9 Å². The van der Waals surface area contributed by atoms with E-state index >= 15 is 0 Å². The van der Waals surface area contributed by atoms with E-state index in [9.17, 15) is 0 Å². The molecule has 0 spiro atoms. The summed E-state index contributed by atoms with van der Waals surface area (Å²) < 4.78 is 5.87. The van der Waals surface area contributed by atoms with Gasteiger partial charge in [0.1, 0.15) is 5.75 Å². The fourth-order valence-corrected chi connectivity index (χ4v) is 2.20. The van der Waals surface area contributed by atoms with E-state index in [1.54, 1.807) is 12.1 Å². The Morgan fingerprint density at radius 2 is 1.67 bits per heavy atom. The molecule has 4 heteroatoms. The van der Waals surface area contributed by atoms with Crippen molar-refractivity contribution in [2.24, 2.45) is 0 Å². The molecule has 0 saturated carbocycles. The normalized spacial score (nSPS) is 10.4. The second kappa shape index (κ2) is 7.86. The molecule has 0 saturated heterocycles. The minimum Gasteiger partial charge on any atom is -0.493 e. The molecular formula is C17H21BO3. The van der Waals surface area contributed by atoms with Crippen molar-refractivity contribution in [3.63, 3.8) is 0 Å². The Morgan fingerprint density at radius 3 is 2.33 bits per heavy atom. The summed E-state index contributed by atoms with van der Waals surface area (Å²) in [5.41, 5.74) is 2.51. The predicted octanol–water partition coefficient (Wildman–Crippen LogP) is 2.60. The topological polar surface area (TPSA) is 49.7 Å². The van der Waals surface area contributed by atoms with Crippen LogP contribution in [0.1, 0.15) is 26.2 Å².